The van der Waals surface area contributed by atoms with Crippen molar-refractivity contribution in [3.05, 3.63) is 0 Å². The first-order valence-corrected chi connectivity index (χ1v) is 5.97. The molecule has 86 valence electrons. The quantitative estimate of drug-likeness (QED) is 0.575. The minimum atomic E-state index is -0.410. The van der Waals surface area contributed by atoms with Crippen LogP contribution in [0.25, 0.3) is 0 Å². The second kappa shape index (κ2) is 2.96. The maximum absolute atomic E-state index is 5.82. The van der Waals surface area contributed by atoms with E-state index in [0.29, 0.717) is 18.1 Å². The molecular weight excluding hydrogens is 192 g/mol. The van der Waals surface area contributed by atoms with Gasteiger partial charge in [-0.3, -0.25) is 0 Å². The fourth-order valence-corrected chi connectivity index (χ4v) is 3.00. The topological polar surface area (TPSA) is 31.0 Å². The van der Waals surface area contributed by atoms with Gasteiger partial charge in [0.2, 0.25) is 0 Å². The molecule has 1 saturated carbocycles. The number of hydrogen-bond acceptors (Lipinski definition) is 3. The van der Waals surface area contributed by atoms with Gasteiger partial charge in [-0.15, -0.1) is 0 Å². The molecule has 0 aromatic heterocycles. The van der Waals surface area contributed by atoms with Gasteiger partial charge in [-0.2, -0.15) is 0 Å². The molecule has 0 aromatic rings. The molecule has 0 radical (unpaired) electrons. The Morgan fingerprint density at radius 2 is 1.73 bits per heavy atom. The van der Waals surface area contributed by atoms with E-state index in [1.54, 1.807) is 0 Å². The zero-order valence-corrected chi connectivity index (χ0v) is 9.79. The SMILES string of the molecule is CC1CC[C@H]2O[C@H]2C12COC(C)(C)OC2. The molecule has 0 aromatic carbocycles. The van der Waals surface area contributed by atoms with Crippen LogP contribution in [0.15, 0.2) is 0 Å². The number of epoxide rings is 1. The highest BCUT2D eigenvalue weighted by Crippen LogP contribution is 2.54. The first-order valence-electron chi connectivity index (χ1n) is 5.97. The summed E-state index contributed by atoms with van der Waals surface area (Å²) in [5.41, 5.74) is 0.137. The van der Waals surface area contributed by atoms with Crippen molar-refractivity contribution >= 4 is 0 Å². The molecule has 3 nitrogen and oxygen atoms in total. The lowest BCUT2D eigenvalue weighted by Crippen LogP contribution is -2.54. The lowest BCUT2D eigenvalue weighted by atomic mass is 9.67. The Morgan fingerprint density at radius 3 is 2.40 bits per heavy atom. The first-order chi connectivity index (χ1) is 7.04. The van der Waals surface area contributed by atoms with Gasteiger partial charge in [-0.05, 0) is 32.6 Å². The maximum atomic E-state index is 5.82. The molecule has 3 fully saturated rings. The number of rotatable bonds is 0. The van der Waals surface area contributed by atoms with Crippen molar-refractivity contribution in [2.75, 3.05) is 13.2 Å². The van der Waals surface area contributed by atoms with Crippen LogP contribution in [0.1, 0.15) is 33.6 Å². The molecule has 1 aliphatic carbocycles. The molecule has 1 unspecified atom stereocenters. The Bertz CT molecular complexity index is 260. The summed E-state index contributed by atoms with van der Waals surface area (Å²) in [6, 6.07) is 0. The molecule has 15 heavy (non-hydrogen) atoms. The van der Waals surface area contributed by atoms with Gasteiger partial charge in [0.25, 0.3) is 0 Å². The summed E-state index contributed by atoms with van der Waals surface area (Å²) >= 11 is 0. The molecule has 0 bridgehead atoms. The molecule has 3 atom stereocenters. The Morgan fingerprint density at radius 1 is 1.07 bits per heavy atom. The molecule has 0 N–H and O–H groups in total. The summed E-state index contributed by atoms with van der Waals surface area (Å²) in [6.07, 6.45) is 3.36. The Labute approximate surface area is 91.1 Å². The standard InChI is InChI=1S/C12H20O3/c1-8-4-5-9-10(15-9)12(8)6-13-11(2,3)14-7-12/h8-10H,4-7H2,1-3H3/t8?,9-,10-/m1/s1. The highest BCUT2D eigenvalue weighted by molar-refractivity contribution is 5.08. The van der Waals surface area contributed by atoms with Gasteiger partial charge < -0.3 is 14.2 Å². The van der Waals surface area contributed by atoms with Crippen LogP contribution in [0.2, 0.25) is 0 Å². The Hall–Kier alpha value is -0.120. The van der Waals surface area contributed by atoms with Crippen LogP contribution >= 0.6 is 0 Å². The normalized spacial score (nSPS) is 46.2. The summed E-state index contributed by atoms with van der Waals surface area (Å²) in [5.74, 6) is 0.240. The highest BCUT2D eigenvalue weighted by atomic mass is 16.7. The van der Waals surface area contributed by atoms with Gasteiger partial charge in [0.05, 0.1) is 25.4 Å². The molecular formula is C12H20O3. The smallest absolute Gasteiger partial charge is 0.162 e. The van der Waals surface area contributed by atoms with Crippen molar-refractivity contribution in [1.29, 1.82) is 0 Å². The van der Waals surface area contributed by atoms with Gasteiger partial charge in [0, 0.05) is 5.41 Å². The molecule has 3 rings (SSSR count). The molecule has 1 spiro atoms. The Kier molecular flexibility index (Phi) is 1.99. The fraction of sp³-hybridized carbons (Fsp3) is 1.00. The predicted molar refractivity (Wildman–Crippen MR) is 55.5 cm³/mol. The lowest BCUT2D eigenvalue weighted by Gasteiger charge is -2.47. The third-order valence-electron chi connectivity index (χ3n) is 4.39. The van der Waals surface area contributed by atoms with Gasteiger partial charge in [0.15, 0.2) is 5.79 Å². The van der Waals surface area contributed by atoms with Crippen LogP contribution < -0.4 is 0 Å². The van der Waals surface area contributed by atoms with Crippen molar-refractivity contribution in [1.82, 2.24) is 0 Å². The predicted octanol–water partition coefficient (Wildman–Crippen LogP) is 1.95. The first kappa shape index (κ1) is 10.1. The number of ether oxygens (including phenoxy) is 3. The summed E-state index contributed by atoms with van der Waals surface area (Å²) in [7, 11) is 0. The van der Waals surface area contributed by atoms with Crippen LogP contribution in [-0.2, 0) is 14.2 Å². The van der Waals surface area contributed by atoms with Crippen molar-refractivity contribution in [3.8, 4) is 0 Å². The average molecular weight is 212 g/mol. The fourth-order valence-electron chi connectivity index (χ4n) is 3.00. The molecule has 2 saturated heterocycles. The highest BCUT2D eigenvalue weighted by Gasteiger charge is 2.62. The van der Waals surface area contributed by atoms with E-state index in [-0.39, 0.29) is 5.41 Å². The van der Waals surface area contributed by atoms with E-state index in [0.717, 1.165) is 13.2 Å². The van der Waals surface area contributed by atoms with E-state index in [1.807, 2.05) is 13.8 Å². The van der Waals surface area contributed by atoms with Gasteiger partial charge in [0.1, 0.15) is 0 Å². The van der Waals surface area contributed by atoms with E-state index in [9.17, 15) is 0 Å². The molecule has 3 aliphatic rings. The third-order valence-corrected chi connectivity index (χ3v) is 4.39. The molecule has 2 aliphatic heterocycles. The number of fused-ring (bicyclic) bond motifs is 2. The van der Waals surface area contributed by atoms with E-state index in [1.165, 1.54) is 12.8 Å². The van der Waals surface area contributed by atoms with E-state index in [2.05, 4.69) is 6.92 Å². The third kappa shape index (κ3) is 1.44. The van der Waals surface area contributed by atoms with Crippen molar-refractivity contribution in [2.45, 2.75) is 51.6 Å². The summed E-state index contributed by atoms with van der Waals surface area (Å²) < 4.78 is 17.4. The second-order valence-corrected chi connectivity index (χ2v) is 5.78. The van der Waals surface area contributed by atoms with Crippen LogP contribution in [0.4, 0.5) is 0 Å². The minimum Gasteiger partial charge on any atom is -0.369 e. The zero-order valence-electron chi connectivity index (χ0n) is 9.79. The lowest BCUT2D eigenvalue weighted by molar-refractivity contribution is -0.297. The average Bonchev–Trinajstić information content (AvgIpc) is 2.95. The van der Waals surface area contributed by atoms with Crippen molar-refractivity contribution in [3.63, 3.8) is 0 Å². The van der Waals surface area contributed by atoms with E-state index < -0.39 is 5.79 Å². The summed E-state index contributed by atoms with van der Waals surface area (Å²) in [5, 5.41) is 0. The zero-order chi connectivity index (χ0) is 10.7. The van der Waals surface area contributed by atoms with Gasteiger partial charge in [-0.1, -0.05) is 6.92 Å². The molecule has 0 amide bonds. The summed E-state index contributed by atoms with van der Waals surface area (Å²) in [6.45, 7) is 7.87. The van der Waals surface area contributed by atoms with Crippen LogP contribution in [0.3, 0.4) is 0 Å². The van der Waals surface area contributed by atoms with Crippen LogP contribution in [-0.4, -0.2) is 31.2 Å². The van der Waals surface area contributed by atoms with Crippen LogP contribution in [0.5, 0.6) is 0 Å². The van der Waals surface area contributed by atoms with E-state index >= 15 is 0 Å². The largest absolute Gasteiger partial charge is 0.369 e. The maximum Gasteiger partial charge on any atom is 0.162 e. The van der Waals surface area contributed by atoms with E-state index in [4.69, 9.17) is 14.2 Å². The monoisotopic (exact) mass is 212 g/mol. The second-order valence-electron chi connectivity index (χ2n) is 5.78. The van der Waals surface area contributed by atoms with Crippen LogP contribution in [0, 0.1) is 11.3 Å². The molecule has 2 heterocycles. The summed E-state index contributed by atoms with van der Waals surface area (Å²) in [4.78, 5) is 0. The van der Waals surface area contributed by atoms with Crippen molar-refractivity contribution in [2.24, 2.45) is 11.3 Å². The number of hydrogen-bond donors (Lipinski definition) is 0. The van der Waals surface area contributed by atoms with Gasteiger partial charge >= 0.3 is 0 Å². The molecule has 3 heteroatoms. The van der Waals surface area contributed by atoms with Gasteiger partial charge in [-0.25, -0.2) is 0 Å². The minimum absolute atomic E-state index is 0.137. The van der Waals surface area contributed by atoms with Crippen molar-refractivity contribution < 1.29 is 14.2 Å². The Balaban J connectivity index is 1.79.